The molecule has 0 aliphatic carbocycles. The second-order valence-electron chi connectivity index (χ2n) is 6.40. The molecule has 0 saturated carbocycles. The predicted octanol–water partition coefficient (Wildman–Crippen LogP) is 3.85. The van der Waals surface area contributed by atoms with Crippen LogP contribution in [0.15, 0.2) is 24.3 Å². The number of rotatable bonds is 4. The summed E-state index contributed by atoms with van der Waals surface area (Å²) in [4.78, 5) is 0. The van der Waals surface area contributed by atoms with Crippen LogP contribution in [-0.4, -0.2) is 24.8 Å². The minimum atomic E-state index is -4.32. The van der Waals surface area contributed by atoms with Crippen LogP contribution < -0.4 is 0 Å². The Hall–Kier alpha value is -1.05. The summed E-state index contributed by atoms with van der Waals surface area (Å²) in [6, 6.07) is 4.92. The molecule has 1 aromatic carbocycles. The highest BCUT2D eigenvalue weighted by atomic mass is 19.4. The van der Waals surface area contributed by atoms with Crippen LogP contribution in [0, 0.1) is 0 Å². The maximum atomic E-state index is 12.5. The molecular weight excluding hydrogens is 296 g/mol. The lowest BCUT2D eigenvalue weighted by Gasteiger charge is -2.32. The second-order valence-corrected chi connectivity index (χ2v) is 6.40. The van der Waals surface area contributed by atoms with E-state index in [0.29, 0.717) is 5.56 Å². The molecule has 1 saturated heterocycles. The first-order chi connectivity index (χ1) is 10.0. The van der Waals surface area contributed by atoms with Crippen molar-refractivity contribution in [3.05, 3.63) is 35.4 Å². The summed E-state index contributed by atoms with van der Waals surface area (Å²) in [7, 11) is -0.473. The molecule has 0 atom stereocenters. The van der Waals surface area contributed by atoms with Crippen molar-refractivity contribution in [1.82, 2.24) is 0 Å². The third-order valence-corrected chi connectivity index (χ3v) is 4.11. The molecule has 0 radical (unpaired) electrons. The zero-order chi connectivity index (χ0) is 16.6. The first-order valence-electron chi connectivity index (χ1n) is 7.11. The Morgan fingerprint density at radius 1 is 1.00 bits per heavy atom. The van der Waals surface area contributed by atoms with Crippen LogP contribution in [0.1, 0.15) is 38.8 Å². The highest BCUT2D eigenvalue weighted by Gasteiger charge is 2.51. The van der Waals surface area contributed by atoms with Gasteiger partial charge in [-0.3, -0.25) is 0 Å². The van der Waals surface area contributed by atoms with Crippen molar-refractivity contribution in [2.45, 2.75) is 51.7 Å². The van der Waals surface area contributed by atoms with Crippen LogP contribution in [0.5, 0.6) is 0 Å². The van der Waals surface area contributed by atoms with E-state index in [2.05, 4.69) is 0 Å². The van der Waals surface area contributed by atoms with Crippen LogP contribution in [0.2, 0.25) is 0 Å². The van der Waals surface area contributed by atoms with E-state index in [4.69, 9.17) is 14.0 Å². The first-order valence-corrected chi connectivity index (χ1v) is 7.11. The Morgan fingerprint density at radius 3 is 1.95 bits per heavy atom. The van der Waals surface area contributed by atoms with Crippen molar-refractivity contribution in [3.63, 3.8) is 0 Å². The van der Waals surface area contributed by atoms with Crippen molar-refractivity contribution < 1.29 is 27.2 Å². The Bertz CT molecular complexity index is 496. The van der Waals surface area contributed by atoms with Crippen molar-refractivity contribution >= 4 is 7.12 Å². The Labute approximate surface area is 128 Å². The van der Waals surface area contributed by atoms with Gasteiger partial charge in [-0.2, -0.15) is 13.2 Å². The van der Waals surface area contributed by atoms with Crippen LogP contribution in [-0.2, 0) is 26.8 Å². The summed E-state index contributed by atoms with van der Waals surface area (Å²) in [6.45, 7) is 8.23. The van der Waals surface area contributed by atoms with E-state index >= 15 is 0 Å². The summed E-state index contributed by atoms with van der Waals surface area (Å²) in [5, 5.41) is 0. The van der Waals surface area contributed by atoms with Crippen molar-refractivity contribution in [2.24, 2.45) is 0 Å². The van der Waals surface area contributed by atoms with Gasteiger partial charge in [0, 0.05) is 0 Å². The van der Waals surface area contributed by atoms with Crippen molar-refractivity contribution in [1.29, 1.82) is 0 Å². The summed E-state index contributed by atoms with van der Waals surface area (Å²) < 4.78 is 54.4. The molecule has 3 nitrogen and oxygen atoms in total. The maximum absolute atomic E-state index is 12.5. The van der Waals surface area contributed by atoms with Gasteiger partial charge in [0.2, 0.25) is 0 Å². The third kappa shape index (κ3) is 3.83. The van der Waals surface area contributed by atoms with E-state index in [1.807, 2.05) is 27.7 Å². The van der Waals surface area contributed by atoms with E-state index in [1.54, 1.807) is 0 Å². The van der Waals surface area contributed by atoms with Gasteiger partial charge in [0.1, 0.15) is 0 Å². The molecular formula is C15H20BF3O3. The average molecular weight is 316 g/mol. The highest BCUT2D eigenvalue weighted by molar-refractivity contribution is 6.45. The topological polar surface area (TPSA) is 27.7 Å². The molecule has 0 aromatic heterocycles. The number of hydrogen-bond donors (Lipinski definition) is 0. The lowest BCUT2D eigenvalue weighted by molar-refractivity contribution is -0.137. The fraction of sp³-hybridized carbons (Fsp3) is 0.600. The predicted molar refractivity (Wildman–Crippen MR) is 77.2 cm³/mol. The molecule has 1 aliphatic heterocycles. The van der Waals surface area contributed by atoms with Crippen molar-refractivity contribution in [3.8, 4) is 0 Å². The lowest BCUT2D eigenvalue weighted by atomic mass is 9.90. The van der Waals surface area contributed by atoms with Gasteiger partial charge < -0.3 is 14.0 Å². The van der Waals surface area contributed by atoms with Crippen molar-refractivity contribution in [2.75, 3.05) is 6.51 Å². The van der Waals surface area contributed by atoms with E-state index in [0.717, 1.165) is 12.1 Å². The van der Waals surface area contributed by atoms with Gasteiger partial charge in [-0.15, -0.1) is 0 Å². The van der Waals surface area contributed by atoms with Gasteiger partial charge in [-0.1, -0.05) is 12.1 Å². The summed E-state index contributed by atoms with van der Waals surface area (Å²) in [6.07, 6.45) is -4.32. The molecule has 0 spiro atoms. The monoisotopic (exact) mass is 316 g/mol. The normalized spacial score (nSPS) is 20.4. The lowest BCUT2D eigenvalue weighted by Crippen LogP contribution is -2.41. The molecule has 1 heterocycles. The van der Waals surface area contributed by atoms with Gasteiger partial charge in [-0.05, 0) is 45.4 Å². The molecule has 0 N–H and O–H groups in total. The smallest absolute Gasteiger partial charge is 0.402 e. The Morgan fingerprint density at radius 2 is 1.50 bits per heavy atom. The molecule has 0 unspecified atom stereocenters. The Balaban J connectivity index is 1.83. The van der Waals surface area contributed by atoms with Crippen LogP contribution in [0.3, 0.4) is 0 Å². The third-order valence-electron chi connectivity index (χ3n) is 4.11. The SMILES string of the molecule is CC1(C)OB(COCc2ccc(C(F)(F)F)cc2)OC1(C)C. The molecule has 1 fully saturated rings. The van der Waals surface area contributed by atoms with Crippen LogP contribution >= 0.6 is 0 Å². The maximum Gasteiger partial charge on any atom is 0.485 e. The molecule has 2 rings (SSSR count). The average Bonchev–Trinajstić information content (AvgIpc) is 2.57. The fourth-order valence-electron chi connectivity index (χ4n) is 2.10. The number of ether oxygens (including phenoxy) is 1. The number of alkyl halides is 3. The molecule has 22 heavy (non-hydrogen) atoms. The van der Waals surface area contributed by atoms with Gasteiger partial charge in [0.15, 0.2) is 0 Å². The molecule has 122 valence electrons. The molecule has 7 heteroatoms. The number of benzene rings is 1. The van der Waals surface area contributed by atoms with Crippen LogP contribution in [0.4, 0.5) is 13.2 Å². The zero-order valence-electron chi connectivity index (χ0n) is 13.2. The highest BCUT2D eigenvalue weighted by Crippen LogP contribution is 2.36. The number of halogens is 3. The van der Waals surface area contributed by atoms with Gasteiger partial charge in [-0.25, -0.2) is 0 Å². The van der Waals surface area contributed by atoms with Crippen LogP contribution in [0.25, 0.3) is 0 Å². The van der Waals surface area contributed by atoms with E-state index in [-0.39, 0.29) is 13.1 Å². The molecule has 1 aliphatic rings. The number of hydrogen-bond acceptors (Lipinski definition) is 3. The van der Waals surface area contributed by atoms with Gasteiger partial charge in [0.05, 0.1) is 29.9 Å². The molecule has 0 amide bonds. The molecule has 1 aromatic rings. The molecule has 0 bridgehead atoms. The minimum Gasteiger partial charge on any atom is -0.402 e. The summed E-state index contributed by atoms with van der Waals surface area (Å²) >= 11 is 0. The zero-order valence-corrected chi connectivity index (χ0v) is 13.2. The standard InChI is InChI=1S/C15H20BF3O3/c1-13(2)14(3,4)22-16(21-13)10-20-9-11-5-7-12(8-6-11)15(17,18)19/h5-8H,9-10H2,1-4H3. The van der Waals surface area contributed by atoms with E-state index < -0.39 is 30.1 Å². The minimum absolute atomic E-state index is 0.211. The quantitative estimate of drug-likeness (QED) is 0.790. The summed E-state index contributed by atoms with van der Waals surface area (Å²) in [5.41, 5.74) is -0.836. The Kier molecular flexibility index (Phi) is 4.62. The van der Waals surface area contributed by atoms with E-state index in [1.165, 1.54) is 12.1 Å². The first kappa shape index (κ1) is 17.3. The second kappa shape index (κ2) is 5.87. The largest absolute Gasteiger partial charge is 0.485 e. The summed E-state index contributed by atoms with van der Waals surface area (Å²) in [5.74, 6) is 0. The van der Waals surface area contributed by atoms with Gasteiger partial charge >= 0.3 is 13.3 Å². The fourth-order valence-corrected chi connectivity index (χ4v) is 2.10. The van der Waals surface area contributed by atoms with E-state index in [9.17, 15) is 13.2 Å². The van der Waals surface area contributed by atoms with Gasteiger partial charge in [0.25, 0.3) is 0 Å².